The minimum Gasteiger partial charge on any atom is -0.381 e. The molecular weight excluding hydrogens is 641 g/mol. The van der Waals surface area contributed by atoms with Gasteiger partial charge in [-0.2, -0.15) is 0 Å². The van der Waals surface area contributed by atoms with Crippen molar-refractivity contribution in [1.82, 2.24) is 0 Å². The third-order valence-electron chi connectivity index (χ3n) is 11.6. The zero-order valence-electron chi connectivity index (χ0n) is 42.8. The average Bonchev–Trinajstić information content (AvgIpc) is 3.60. The zero-order chi connectivity index (χ0) is 43.1. The number of rotatable bonds is 6. The van der Waals surface area contributed by atoms with E-state index in [1.54, 1.807) is 0 Å². The molecule has 0 atom stereocenters. The van der Waals surface area contributed by atoms with E-state index in [9.17, 15) is 0 Å². The number of ether oxygens (including phenoxy) is 1. The van der Waals surface area contributed by atoms with Gasteiger partial charge in [0, 0.05) is 13.2 Å². The Morgan fingerprint density at radius 1 is 0.283 bits per heavy atom. The van der Waals surface area contributed by atoms with E-state index in [1.807, 2.05) is 0 Å². The molecule has 53 heavy (non-hydrogen) atoms. The van der Waals surface area contributed by atoms with Gasteiger partial charge >= 0.3 is 0 Å². The van der Waals surface area contributed by atoms with E-state index < -0.39 is 0 Å². The summed E-state index contributed by atoms with van der Waals surface area (Å²) in [6, 6.07) is 0. The van der Waals surface area contributed by atoms with Crippen molar-refractivity contribution in [3.8, 4) is 0 Å². The predicted octanol–water partition coefficient (Wildman–Crippen LogP) is 19.7. The fraction of sp³-hybridized carbons (Fsp3) is 1.00. The maximum absolute atomic E-state index is 5.43. The molecule has 1 nitrogen and oxygen atoms in total. The lowest BCUT2D eigenvalue weighted by Crippen LogP contribution is -2.38. The van der Waals surface area contributed by atoms with Gasteiger partial charge in [0.25, 0.3) is 0 Å². The summed E-state index contributed by atoms with van der Waals surface area (Å²) in [6.07, 6.45) is 23.3. The van der Waals surface area contributed by atoms with Crippen LogP contribution in [0.15, 0.2) is 0 Å². The summed E-state index contributed by atoms with van der Waals surface area (Å²) in [7, 11) is 0. The Balaban J connectivity index is -0.000000128. The minimum atomic E-state index is 0.554. The summed E-state index contributed by atoms with van der Waals surface area (Å²) in [4.78, 5) is 0. The number of hydrogen-bond donors (Lipinski definition) is 0. The minimum absolute atomic E-state index is 0.554. The van der Waals surface area contributed by atoms with Crippen LogP contribution in [-0.4, -0.2) is 13.2 Å². The van der Waals surface area contributed by atoms with Gasteiger partial charge in [-0.25, -0.2) is 0 Å². The molecule has 3 fully saturated rings. The molecule has 0 N–H and O–H groups in total. The normalized spacial score (nSPS) is 17.5. The van der Waals surface area contributed by atoms with E-state index in [1.165, 1.54) is 109 Å². The molecule has 0 unspecified atom stereocenters. The maximum Gasteiger partial charge on any atom is 0.0471 e. The Kier molecular flexibility index (Phi) is 52.7. The lowest BCUT2D eigenvalue weighted by molar-refractivity contribution is -0.0381. The molecule has 0 aromatic heterocycles. The second-order valence-electron chi connectivity index (χ2n) is 18.8. The predicted molar refractivity (Wildman–Crippen MR) is 254 cm³/mol. The highest BCUT2D eigenvalue weighted by Gasteiger charge is 2.40. The highest BCUT2D eigenvalue weighted by molar-refractivity contribution is 4.90. The molecule has 1 saturated heterocycles. The van der Waals surface area contributed by atoms with Crippen molar-refractivity contribution in [1.29, 1.82) is 0 Å². The van der Waals surface area contributed by atoms with Crippen LogP contribution < -0.4 is 0 Å². The summed E-state index contributed by atoms with van der Waals surface area (Å²) in [5.41, 5.74) is 1.93. The summed E-state index contributed by atoms with van der Waals surface area (Å²) >= 11 is 0. The van der Waals surface area contributed by atoms with Crippen molar-refractivity contribution >= 4 is 0 Å². The highest BCUT2D eigenvalue weighted by Crippen LogP contribution is 2.50. The summed E-state index contributed by atoms with van der Waals surface area (Å²) in [5, 5.41) is 0. The monoisotopic (exact) mass is 757 g/mol. The highest BCUT2D eigenvalue weighted by atomic mass is 16.5. The van der Waals surface area contributed by atoms with Crippen molar-refractivity contribution in [2.45, 2.75) is 275 Å². The first-order chi connectivity index (χ1) is 24.8. The molecule has 3 rings (SSSR count). The van der Waals surface area contributed by atoms with E-state index in [0.717, 1.165) is 48.7 Å². The summed E-state index contributed by atoms with van der Waals surface area (Å²) in [5.74, 6) is 5.09. The quantitative estimate of drug-likeness (QED) is 0.262. The molecule has 1 aliphatic heterocycles. The molecule has 2 saturated carbocycles. The largest absolute Gasteiger partial charge is 0.381 e. The van der Waals surface area contributed by atoms with E-state index in [2.05, 4.69) is 166 Å². The fourth-order valence-corrected chi connectivity index (χ4v) is 8.46. The molecule has 330 valence electrons. The van der Waals surface area contributed by atoms with Crippen molar-refractivity contribution in [2.75, 3.05) is 13.2 Å². The van der Waals surface area contributed by atoms with Crippen molar-refractivity contribution in [3.63, 3.8) is 0 Å². The second-order valence-corrected chi connectivity index (χ2v) is 18.8. The van der Waals surface area contributed by atoms with Crippen molar-refractivity contribution < 1.29 is 4.74 Å². The first-order valence-corrected chi connectivity index (χ1v) is 24.3. The zero-order valence-corrected chi connectivity index (χ0v) is 42.8. The van der Waals surface area contributed by atoms with Gasteiger partial charge in [0.05, 0.1) is 0 Å². The summed E-state index contributed by atoms with van der Waals surface area (Å²) < 4.78 is 5.43. The average molecular weight is 757 g/mol. The van der Waals surface area contributed by atoms with Crippen LogP contribution in [0.25, 0.3) is 0 Å². The molecule has 0 spiro atoms. The van der Waals surface area contributed by atoms with Gasteiger partial charge in [-0.3, -0.25) is 0 Å². The van der Waals surface area contributed by atoms with Crippen LogP contribution in [-0.2, 0) is 4.74 Å². The lowest BCUT2D eigenvalue weighted by atomic mass is 9.61. The Morgan fingerprint density at radius 3 is 0.566 bits per heavy atom. The van der Waals surface area contributed by atoms with Gasteiger partial charge < -0.3 is 4.74 Å². The van der Waals surface area contributed by atoms with Gasteiger partial charge in [0.15, 0.2) is 0 Å². The molecule has 2 aliphatic carbocycles. The van der Waals surface area contributed by atoms with Crippen LogP contribution in [0, 0.1) is 51.8 Å². The molecule has 0 aromatic carbocycles. The summed E-state index contributed by atoms with van der Waals surface area (Å²) in [6.45, 7) is 56.1. The third kappa shape index (κ3) is 30.7. The van der Waals surface area contributed by atoms with Crippen LogP contribution in [0.3, 0.4) is 0 Å². The van der Waals surface area contributed by atoms with Crippen LogP contribution in [0.1, 0.15) is 275 Å². The number of hydrogen-bond acceptors (Lipinski definition) is 1. The second kappa shape index (κ2) is 43.1. The maximum atomic E-state index is 5.43. The molecule has 3 aliphatic rings. The third-order valence-corrected chi connectivity index (χ3v) is 11.6. The Hall–Kier alpha value is -0.0400. The van der Waals surface area contributed by atoms with E-state index >= 15 is 0 Å². The van der Waals surface area contributed by atoms with Crippen LogP contribution >= 0.6 is 0 Å². The van der Waals surface area contributed by atoms with Crippen LogP contribution in [0.5, 0.6) is 0 Å². The van der Waals surface area contributed by atoms with Gasteiger partial charge in [0.1, 0.15) is 0 Å². The lowest BCUT2D eigenvalue weighted by Gasteiger charge is -2.44. The van der Waals surface area contributed by atoms with Crippen molar-refractivity contribution in [3.05, 3.63) is 0 Å². The Morgan fingerprint density at radius 2 is 0.434 bits per heavy atom. The molecule has 0 bridgehead atoms. The van der Waals surface area contributed by atoms with E-state index in [0.29, 0.717) is 16.2 Å². The smallest absolute Gasteiger partial charge is 0.0471 e. The van der Waals surface area contributed by atoms with Gasteiger partial charge in [-0.15, -0.1) is 0 Å². The SMILES string of the molecule is CC(C)C1(C(C)C)CCCC1.CC(C)C1(C(C)C)CCCCC1.CC(C)C1(C(C)C)CCOCC1.CCC.CCC.CCC.CCC.CCC.CCC. The molecule has 0 aromatic rings. The Bertz CT molecular complexity index is 542. The van der Waals surface area contributed by atoms with E-state index in [4.69, 9.17) is 4.74 Å². The standard InChI is InChI=1S/C12H24.C11H22O.C11H22.6C3H8/c1-10(2)12(11(3)4)8-6-5-7-9-12;1-9(2)11(10(3)4)5-7-12-8-6-11;1-9(2)11(10(3)4)7-5-6-8-11;6*1-3-2/h10-11H,5-9H2,1-4H3;9-10H,5-8H2,1-4H3;9-10H,5-8H2,1-4H3;6*3H2,1-2H3. The Labute approximate surface area is 343 Å². The van der Waals surface area contributed by atoms with Gasteiger partial charge in [-0.1, -0.05) is 237 Å². The van der Waals surface area contributed by atoms with Crippen LogP contribution in [0.4, 0.5) is 0 Å². The van der Waals surface area contributed by atoms with Gasteiger partial charge in [-0.05, 0) is 90.3 Å². The van der Waals surface area contributed by atoms with Crippen LogP contribution in [0.2, 0.25) is 0 Å². The molecule has 1 heteroatoms. The van der Waals surface area contributed by atoms with Crippen molar-refractivity contribution in [2.24, 2.45) is 51.8 Å². The van der Waals surface area contributed by atoms with Gasteiger partial charge in [0.2, 0.25) is 0 Å². The topological polar surface area (TPSA) is 9.23 Å². The first-order valence-electron chi connectivity index (χ1n) is 24.3. The van der Waals surface area contributed by atoms with E-state index in [-0.39, 0.29) is 0 Å². The molecule has 0 amide bonds. The molecule has 1 heterocycles. The molecule has 0 radical (unpaired) electrons. The molecular formula is C52H116O. The fourth-order valence-electron chi connectivity index (χ4n) is 8.46. The first kappa shape index (κ1) is 64.8.